The van der Waals surface area contributed by atoms with Crippen molar-refractivity contribution in [2.45, 2.75) is 31.5 Å². The van der Waals surface area contributed by atoms with Gasteiger partial charge < -0.3 is 5.11 Å². The third kappa shape index (κ3) is 2.84. The normalized spacial score (nSPS) is 23.1. The SMILES string of the molecule is OC[C@@H](N1CCCCC1)C(F)(F)F. The maximum Gasteiger partial charge on any atom is 0.406 e. The number of likely N-dealkylation sites (tertiary alicyclic amines) is 1. The predicted molar refractivity (Wildman–Crippen MR) is 42.4 cm³/mol. The number of halogens is 3. The third-order valence-electron chi connectivity index (χ3n) is 2.38. The van der Waals surface area contributed by atoms with Crippen LogP contribution in [0.3, 0.4) is 0 Å². The number of aliphatic hydroxyl groups excluding tert-OH is 1. The fourth-order valence-corrected chi connectivity index (χ4v) is 1.66. The van der Waals surface area contributed by atoms with Crippen LogP contribution in [0.15, 0.2) is 0 Å². The second kappa shape index (κ2) is 4.28. The number of alkyl halides is 3. The van der Waals surface area contributed by atoms with E-state index < -0.39 is 18.8 Å². The predicted octanol–water partition coefficient (Wildman–Crippen LogP) is 1.40. The van der Waals surface area contributed by atoms with Gasteiger partial charge in [-0.1, -0.05) is 6.42 Å². The van der Waals surface area contributed by atoms with Gasteiger partial charge in [0.1, 0.15) is 6.04 Å². The molecule has 1 saturated heterocycles. The zero-order valence-corrected chi connectivity index (χ0v) is 7.35. The fraction of sp³-hybridized carbons (Fsp3) is 1.00. The van der Waals surface area contributed by atoms with Crippen molar-refractivity contribution in [1.29, 1.82) is 0 Å². The Bertz CT molecular complexity index is 154. The molecule has 2 nitrogen and oxygen atoms in total. The summed E-state index contributed by atoms with van der Waals surface area (Å²) in [7, 11) is 0. The molecule has 0 aromatic rings. The molecule has 0 amide bonds. The smallest absolute Gasteiger partial charge is 0.394 e. The number of piperidine rings is 1. The summed E-state index contributed by atoms with van der Waals surface area (Å²) in [4.78, 5) is 1.32. The number of rotatable bonds is 2. The van der Waals surface area contributed by atoms with E-state index in [9.17, 15) is 13.2 Å². The number of hydrogen-bond acceptors (Lipinski definition) is 2. The van der Waals surface area contributed by atoms with Crippen molar-refractivity contribution in [3.8, 4) is 0 Å². The van der Waals surface area contributed by atoms with Crippen molar-refractivity contribution in [1.82, 2.24) is 4.90 Å². The first-order valence-corrected chi connectivity index (χ1v) is 4.47. The molecule has 5 heteroatoms. The van der Waals surface area contributed by atoms with Crippen LogP contribution in [0.5, 0.6) is 0 Å². The highest BCUT2D eigenvalue weighted by Gasteiger charge is 2.43. The van der Waals surface area contributed by atoms with Crippen LogP contribution in [0.4, 0.5) is 13.2 Å². The Hall–Kier alpha value is -0.290. The lowest BCUT2D eigenvalue weighted by Crippen LogP contribution is -2.50. The monoisotopic (exact) mass is 197 g/mol. The Labute approximate surface area is 75.3 Å². The van der Waals surface area contributed by atoms with Gasteiger partial charge in [-0.2, -0.15) is 13.2 Å². The van der Waals surface area contributed by atoms with E-state index in [4.69, 9.17) is 5.11 Å². The summed E-state index contributed by atoms with van der Waals surface area (Å²) in [5.74, 6) is 0. The zero-order chi connectivity index (χ0) is 9.90. The van der Waals surface area contributed by atoms with Gasteiger partial charge in [0.05, 0.1) is 6.61 Å². The van der Waals surface area contributed by atoms with Crippen LogP contribution < -0.4 is 0 Å². The highest BCUT2D eigenvalue weighted by atomic mass is 19.4. The molecule has 1 fully saturated rings. The summed E-state index contributed by atoms with van der Waals surface area (Å²) in [5, 5.41) is 8.65. The van der Waals surface area contributed by atoms with Crippen LogP contribution >= 0.6 is 0 Å². The highest BCUT2D eigenvalue weighted by molar-refractivity contribution is 4.80. The Balaban J connectivity index is 2.54. The van der Waals surface area contributed by atoms with Crippen molar-refractivity contribution in [3.63, 3.8) is 0 Å². The van der Waals surface area contributed by atoms with Crippen LogP contribution in [0.2, 0.25) is 0 Å². The van der Waals surface area contributed by atoms with Gasteiger partial charge >= 0.3 is 6.18 Å². The first-order chi connectivity index (χ1) is 6.05. The zero-order valence-electron chi connectivity index (χ0n) is 7.35. The molecule has 1 N–H and O–H groups in total. The molecule has 0 unspecified atom stereocenters. The summed E-state index contributed by atoms with van der Waals surface area (Å²) in [5.41, 5.74) is 0. The van der Waals surface area contributed by atoms with Gasteiger partial charge in [-0.3, -0.25) is 4.90 Å². The van der Waals surface area contributed by atoms with E-state index in [0.29, 0.717) is 13.1 Å². The molecule has 13 heavy (non-hydrogen) atoms. The lowest BCUT2D eigenvalue weighted by Gasteiger charge is -2.34. The molecule has 1 heterocycles. The van der Waals surface area contributed by atoms with E-state index >= 15 is 0 Å². The van der Waals surface area contributed by atoms with E-state index in [0.717, 1.165) is 19.3 Å². The maximum absolute atomic E-state index is 12.3. The number of nitrogens with zero attached hydrogens (tertiary/aromatic N) is 1. The summed E-state index contributed by atoms with van der Waals surface area (Å²) in [6.45, 7) is 0.0684. The molecule has 1 atom stereocenters. The number of hydrogen-bond donors (Lipinski definition) is 1. The molecule has 78 valence electrons. The van der Waals surface area contributed by atoms with Crippen LogP contribution in [-0.2, 0) is 0 Å². The molecule has 0 radical (unpaired) electrons. The van der Waals surface area contributed by atoms with Gasteiger partial charge in [0.15, 0.2) is 0 Å². The standard InChI is InChI=1S/C8H14F3NO/c9-8(10,11)7(6-13)12-4-2-1-3-5-12/h7,13H,1-6H2/t7-/m1/s1. The van der Waals surface area contributed by atoms with Gasteiger partial charge in [0, 0.05) is 0 Å². The molecule has 1 aliphatic heterocycles. The van der Waals surface area contributed by atoms with Crippen molar-refractivity contribution in [3.05, 3.63) is 0 Å². The second-order valence-electron chi connectivity index (χ2n) is 3.34. The van der Waals surface area contributed by atoms with Gasteiger partial charge in [-0.25, -0.2) is 0 Å². The Morgan fingerprint density at radius 1 is 1.15 bits per heavy atom. The van der Waals surface area contributed by atoms with Crippen LogP contribution in [0, 0.1) is 0 Å². The van der Waals surface area contributed by atoms with Gasteiger partial charge in [-0.15, -0.1) is 0 Å². The summed E-state index contributed by atoms with van der Waals surface area (Å²) < 4.78 is 36.9. The van der Waals surface area contributed by atoms with Crippen molar-refractivity contribution < 1.29 is 18.3 Å². The molecule has 0 aromatic carbocycles. The average molecular weight is 197 g/mol. The largest absolute Gasteiger partial charge is 0.406 e. The Kier molecular flexibility index (Phi) is 3.55. The molecule has 0 bridgehead atoms. The van der Waals surface area contributed by atoms with Crippen molar-refractivity contribution >= 4 is 0 Å². The summed E-state index contributed by atoms with van der Waals surface area (Å²) >= 11 is 0. The molecular weight excluding hydrogens is 183 g/mol. The molecule has 1 rings (SSSR count). The van der Waals surface area contributed by atoms with Gasteiger partial charge in [0.2, 0.25) is 0 Å². The van der Waals surface area contributed by atoms with Crippen LogP contribution in [0.1, 0.15) is 19.3 Å². The molecule has 0 aliphatic carbocycles. The van der Waals surface area contributed by atoms with E-state index in [-0.39, 0.29) is 0 Å². The molecule has 0 saturated carbocycles. The fourth-order valence-electron chi connectivity index (χ4n) is 1.66. The van der Waals surface area contributed by atoms with E-state index in [1.165, 1.54) is 4.90 Å². The third-order valence-corrected chi connectivity index (χ3v) is 2.38. The molecule has 1 aliphatic rings. The topological polar surface area (TPSA) is 23.5 Å². The van der Waals surface area contributed by atoms with Crippen LogP contribution in [-0.4, -0.2) is 41.9 Å². The van der Waals surface area contributed by atoms with E-state index in [2.05, 4.69) is 0 Å². The summed E-state index contributed by atoms with van der Waals surface area (Å²) in [6, 6.07) is -1.66. The summed E-state index contributed by atoms with van der Waals surface area (Å²) in [6.07, 6.45) is -1.71. The molecular formula is C8H14F3NO. The molecule has 0 aromatic heterocycles. The van der Waals surface area contributed by atoms with Gasteiger partial charge in [0.25, 0.3) is 0 Å². The Morgan fingerprint density at radius 3 is 2.08 bits per heavy atom. The quantitative estimate of drug-likeness (QED) is 0.723. The van der Waals surface area contributed by atoms with Crippen LogP contribution in [0.25, 0.3) is 0 Å². The minimum Gasteiger partial charge on any atom is -0.394 e. The number of aliphatic hydroxyl groups is 1. The van der Waals surface area contributed by atoms with Crippen molar-refractivity contribution in [2.24, 2.45) is 0 Å². The van der Waals surface area contributed by atoms with E-state index in [1.807, 2.05) is 0 Å². The maximum atomic E-state index is 12.3. The Morgan fingerprint density at radius 2 is 1.69 bits per heavy atom. The first-order valence-electron chi connectivity index (χ1n) is 4.47. The van der Waals surface area contributed by atoms with Gasteiger partial charge in [-0.05, 0) is 25.9 Å². The second-order valence-corrected chi connectivity index (χ2v) is 3.34. The highest BCUT2D eigenvalue weighted by Crippen LogP contribution is 2.26. The molecule has 0 spiro atoms. The van der Waals surface area contributed by atoms with Crippen molar-refractivity contribution in [2.75, 3.05) is 19.7 Å². The van der Waals surface area contributed by atoms with E-state index in [1.54, 1.807) is 0 Å². The average Bonchev–Trinajstić information content (AvgIpc) is 2.05. The first kappa shape index (κ1) is 10.8. The lowest BCUT2D eigenvalue weighted by atomic mass is 10.1. The minimum absolute atomic E-state index is 0.449. The minimum atomic E-state index is -4.30. The lowest BCUT2D eigenvalue weighted by molar-refractivity contribution is -0.194.